The van der Waals surface area contributed by atoms with E-state index in [0.29, 0.717) is 0 Å². The van der Waals surface area contributed by atoms with Crippen LogP contribution < -0.4 is 0 Å². The maximum atomic E-state index is 10.9. The van der Waals surface area contributed by atoms with E-state index in [1.165, 1.54) is 0 Å². The molecule has 0 amide bonds. The van der Waals surface area contributed by atoms with Crippen molar-refractivity contribution in [2.24, 2.45) is 0 Å². The summed E-state index contributed by atoms with van der Waals surface area (Å²) in [5.74, 6) is 0. The van der Waals surface area contributed by atoms with Crippen LogP contribution in [0.15, 0.2) is 30.6 Å². The summed E-state index contributed by atoms with van der Waals surface area (Å²) in [5.41, 5.74) is 1.57. The summed E-state index contributed by atoms with van der Waals surface area (Å²) >= 11 is 0. The third-order valence-electron chi connectivity index (χ3n) is 2.43. The number of pyridine rings is 1. The van der Waals surface area contributed by atoms with Crippen molar-refractivity contribution in [2.45, 2.75) is 19.3 Å². The fraction of sp³-hybridized carbons (Fsp3) is 0.273. The minimum atomic E-state index is -0.444. The third-order valence-corrected chi connectivity index (χ3v) is 2.43. The predicted octanol–water partition coefficient (Wildman–Crippen LogP) is 1.81. The van der Waals surface area contributed by atoms with Gasteiger partial charge in [-0.2, -0.15) is 5.10 Å². The first kappa shape index (κ1) is 8.94. The number of nitrogens with zero attached hydrogens (tertiary/aromatic N) is 2. The van der Waals surface area contributed by atoms with Gasteiger partial charge in [-0.05, 0) is 31.5 Å². The Balaban J connectivity index is 2.59. The molecule has 0 bridgehead atoms. The minimum absolute atomic E-state index is 0.444. The van der Waals surface area contributed by atoms with Crippen LogP contribution in [-0.4, -0.2) is 15.9 Å². The minimum Gasteiger partial charge on any atom is -0.302 e. The molecular weight excluding hydrogens is 176 g/mol. The molecule has 0 N–H and O–H groups in total. The highest BCUT2D eigenvalue weighted by atomic mass is 16.1. The summed E-state index contributed by atoms with van der Waals surface area (Å²) in [6, 6.07) is 5.86. The Morgan fingerprint density at radius 3 is 2.86 bits per heavy atom. The van der Waals surface area contributed by atoms with Crippen LogP contribution in [0.2, 0.25) is 0 Å². The fourth-order valence-electron chi connectivity index (χ4n) is 1.36. The average Bonchev–Trinajstić information content (AvgIpc) is 2.64. The molecule has 2 aromatic rings. The second kappa shape index (κ2) is 2.94. The smallest absolute Gasteiger partial charge is 0.130 e. The molecule has 0 spiro atoms. The summed E-state index contributed by atoms with van der Waals surface area (Å²) in [4.78, 5) is 10.9. The summed E-state index contributed by atoms with van der Waals surface area (Å²) in [6.45, 7) is 3.79. The molecule has 2 rings (SSSR count). The van der Waals surface area contributed by atoms with E-state index >= 15 is 0 Å². The molecule has 14 heavy (non-hydrogen) atoms. The van der Waals surface area contributed by atoms with E-state index < -0.39 is 5.41 Å². The lowest BCUT2D eigenvalue weighted by Crippen LogP contribution is -2.19. The van der Waals surface area contributed by atoms with Gasteiger partial charge in [0.05, 0.1) is 5.52 Å². The fourth-order valence-corrected chi connectivity index (χ4v) is 1.36. The van der Waals surface area contributed by atoms with E-state index in [2.05, 4.69) is 5.10 Å². The summed E-state index contributed by atoms with van der Waals surface area (Å²) < 4.78 is 1.78. The lowest BCUT2D eigenvalue weighted by Gasteiger charge is -2.16. The average molecular weight is 188 g/mol. The van der Waals surface area contributed by atoms with E-state index in [0.717, 1.165) is 17.4 Å². The van der Waals surface area contributed by atoms with Gasteiger partial charge in [-0.3, -0.25) is 0 Å². The van der Waals surface area contributed by atoms with Crippen molar-refractivity contribution in [2.75, 3.05) is 0 Å². The van der Waals surface area contributed by atoms with Gasteiger partial charge in [0.25, 0.3) is 0 Å². The maximum absolute atomic E-state index is 10.9. The largest absolute Gasteiger partial charge is 0.302 e. The third kappa shape index (κ3) is 1.31. The Hall–Kier alpha value is -1.64. The lowest BCUT2D eigenvalue weighted by atomic mass is 9.88. The standard InChI is InChI=1S/C11H12N2O/c1-11(2,8-14)9-3-4-10-5-6-12-13(10)7-9/h3-8H,1-2H3. The van der Waals surface area contributed by atoms with E-state index in [1.807, 2.05) is 38.2 Å². The SMILES string of the molecule is CC(C)(C=O)c1ccc2ccnn2c1. The number of carbonyl (C=O) groups excluding carboxylic acids is 1. The first-order valence-corrected chi connectivity index (χ1v) is 4.54. The van der Waals surface area contributed by atoms with Crippen LogP contribution in [0, 0.1) is 0 Å². The van der Waals surface area contributed by atoms with Crippen LogP contribution in [0.4, 0.5) is 0 Å². The Morgan fingerprint density at radius 1 is 1.36 bits per heavy atom. The highest BCUT2D eigenvalue weighted by Gasteiger charge is 2.19. The van der Waals surface area contributed by atoms with Crippen molar-refractivity contribution in [3.63, 3.8) is 0 Å². The molecule has 3 nitrogen and oxygen atoms in total. The summed E-state index contributed by atoms with van der Waals surface area (Å²) in [7, 11) is 0. The first-order valence-electron chi connectivity index (χ1n) is 4.54. The maximum Gasteiger partial charge on any atom is 0.130 e. The Morgan fingerprint density at radius 2 is 2.14 bits per heavy atom. The van der Waals surface area contributed by atoms with Gasteiger partial charge >= 0.3 is 0 Å². The van der Waals surface area contributed by atoms with Crippen LogP contribution in [0.1, 0.15) is 19.4 Å². The Bertz CT molecular complexity index is 471. The van der Waals surface area contributed by atoms with Crippen molar-refractivity contribution in [1.82, 2.24) is 9.61 Å². The zero-order valence-corrected chi connectivity index (χ0v) is 8.27. The predicted molar refractivity (Wildman–Crippen MR) is 54.3 cm³/mol. The zero-order chi connectivity index (χ0) is 10.2. The number of hydrogen-bond acceptors (Lipinski definition) is 2. The number of hydrogen-bond donors (Lipinski definition) is 0. The molecule has 0 aliphatic heterocycles. The molecule has 0 unspecified atom stereocenters. The molecule has 0 saturated carbocycles. The van der Waals surface area contributed by atoms with Gasteiger partial charge in [0.2, 0.25) is 0 Å². The van der Waals surface area contributed by atoms with Gasteiger partial charge < -0.3 is 4.79 Å². The molecule has 0 fully saturated rings. The van der Waals surface area contributed by atoms with Gasteiger partial charge in [-0.15, -0.1) is 0 Å². The highest BCUT2D eigenvalue weighted by molar-refractivity contribution is 5.67. The molecular formula is C11H12N2O. The second-order valence-electron chi connectivity index (χ2n) is 3.96. The topological polar surface area (TPSA) is 34.4 Å². The molecule has 2 heterocycles. The molecule has 0 aliphatic rings. The van der Waals surface area contributed by atoms with Crippen LogP contribution in [-0.2, 0) is 10.2 Å². The Labute approximate surface area is 82.4 Å². The van der Waals surface area contributed by atoms with Crippen LogP contribution in [0.3, 0.4) is 0 Å². The van der Waals surface area contributed by atoms with Crippen molar-refractivity contribution >= 4 is 11.8 Å². The number of aromatic nitrogens is 2. The second-order valence-corrected chi connectivity index (χ2v) is 3.96. The van der Waals surface area contributed by atoms with Gasteiger partial charge in [-0.25, -0.2) is 4.52 Å². The van der Waals surface area contributed by atoms with Crippen molar-refractivity contribution in [1.29, 1.82) is 0 Å². The van der Waals surface area contributed by atoms with Crippen LogP contribution in [0.25, 0.3) is 5.52 Å². The lowest BCUT2D eigenvalue weighted by molar-refractivity contribution is -0.111. The van der Waals surface area contributed by atoms with E-state index in [9.17, 15) is 4.79 Å². The van der Waals surface area contributed by atoms with Crippen LogP contribution in [0.5, 0.6) is 0 Å². The number of aldehydes is 1. The van der Waals surface area contributed by atoms with Crippen molar-refractivity contribution in [3.05, 3.63) is 36.2 Å². The number of rotatable bonds is 2. The number of carbonyl (C=O) groups is 1. The first-order chi connectivity index (χ1) is 6.63. The van der Waals surface area contributed by atoms with E-state index in [-0.39, 0.29) is 0 Å². The number of fused-ring (bicyclic) bond motifs is 1. The summed E-state index contributed by atoms with van der Waals surface area (Å²) in [6.07, 6.45) is 4.59. The Kier molecular flexibility index (Phi) is 1.88. The monoisotopic (exact) mass is 188 g/mol. The van der Waals surface area contributed by atoms with Crippen LogP contribution >= 0.6 is 0 Å². The van der Waals surface area contributed by atoms with Gasteiger partial charge in [-0.1, -0.05) is 6.07 Å². The van der Waals surface area contributed by atoms with E-state index in [1.54, 1.807) is 10.7 Å². The molecule has 72 valence electrons. The molecule has 0 aliphatic carbocycles. The molecule has 0 atom stereocenters. The van der Waals surface area contributed by atoms with Gasteiger partial charge in [0.15, 0.2) is 0 Å². The molecule has 0 aromatic carbocycles. The van der Waals surface area contributed by atoms with Crippen molar-refractivity contribution < 1.29 is 4.79 Å². The van der Waals surface area contributed by atoms with Gasteiger partial charge in [0, 0.05) is 17.8 Å². The highest BCUT2D eigenvalue weighted by Crippen LogP contribution is 2.20. The van der Waals surface area contributed by atoms with Gasteiger partial charge in [0.1, 0.15) is 6.29 Å². The zero-order valence-electron chi connectivity index (χ0n) is 8.27. The summed E-state index contributed by atoms with van der Waals surface area (Å²) in [5, 5.41) is 4.13. The molecule has 0 saturated heterocycles. The van der Waals surface area contributed by atoms with Crippen molar-refractivity contribution in [3.8, 4) is 0 Å². The molecule has 0 radical (unpaired) electrons. The quantitative estimate of drug-likeness (QED) is 0.673. The molecule has 2 aromatic heterocycles. The van der Waals surface area contributed by atoms with E-state index in [4.69, 9.17) is 0 Å². The normalized spacial score (nSPS) is 11.9. The molecule has 3 heteroatoms.